The van der Waals surface area contributed by atoms with Crippen LogP contribution >= 0.6 is 27.5 Å². The zero-order valence-electron chi connectivity index (χ0n) is 11.6. The fraction of sp³-hybridized carbons (Fsp3) is 0.250. The lowest BCUT2D eigenvalue weighted by Gasteiger charge is -2.19. The van der Waals surface area contributed by atoms with Crippen molar-refractivity contribution in [3.63, 3.8) is 0 Å². The average molecular weight is 354 g/mol. The Labute approximate surface area is 133 Å². The molecule has 0 aliphatic heterocycles. The molecule has 0 aromatic heterocycles. The van der Waals surface area contributed by atoms with E-state index in [-0.39, 0.29) is 6.04 Å². The Bertz CT molecular complexity index is 593. The molecular weight excluding hydrogens is 336 g/mol. The lowest BCUT2D eigenvalue weighted by Crippen LogP contribution is -2.30. The van der Waals surface area contributed by atoms with E-state index >= 15 is 0 Å². The van der Waals surface area contributed by atoms with Gasteiger partial charge >= 0.3 is 0 Å². The highest BCUT2D eigenvalue weighted by atomic mass is 79.9. The summed E-state index contributed by atoms with van der Waals surface area (Å²) < 4.78 is 0.887. The molecule has 1 atom stereocenters. The SMILES string of the molecule is Cc1cccc(C)c1CC(NN)c1ccc(Cl)c(Br)c1. The molecule has 0 saturated carbocycles. The molecule has 0 bridgehead atoms. The molecule has 0 heterocycles. The first kappa shape index (κ1) is 15.5. The van der Waals surface area contributed by atoms with Crippen LogP contribution in [0.5, 0.6) is 0 Å². The highest BCUT2D eigenvalue weighted by molar-refractivity contribution is 9.10. The van der Waals surface area contributed by atoms with Crippen molar-refractivity contribution in [3.05, 3.63) is 68.1 Å². The summed E-state index contributed by atoms with van der Waals surface area (Å²) in [5.41, 5.74) is 7.94. The Morgan fingerprint density at radius 3 is 2.40 bits per heavy atom. The number of nitrogens with one attached hydrogen (secondary N) is 1. The maximum absolute atomic E-state index is 6.04. The number of hydrogen-bond donors (Lipinski definition) is 2. The van der Waals surface area contributed by atoms with E-state index in [1.165, 1.54) is 16.7 Å². The molecule has 2 rings (SSSR count). The highest BCUT2D eigenvalue weighted by Crippen LogP contribution is 2.28. The predicted octanol–water partition coefficient (Wildman–Crippen LogP) is 4.47. The summed E-state index contributed by atoms with van der Waals surface area (Å²) in [4.78, 5) is 0. The van der Waals surface area contributed by atoms with Gasteiger partial charge in [-0.1, -0.05) is 35.9 Å². The summed E-state index contributed by atoms with van der Waals surface area (Å²) in [5, 5.41) is 0.705. The standard InChI is InChI=1S/C16H18BrClN2/c1-10-4-3-5-11(2)13(10)9-16(20-19)12-6-7-15(18)14(17)8-12/h3-8,16,20H,9,19H2,1-2H3. The van der Waals surface area contributed by atoms with E-state index in [2.05, 4.69) is 53.4 Å². The van der Waals surface area contributed by atoms with E-state index < -0.39 is 0 Å². The topological polar surface area (TPSA) is 38.0 Å². The van der Waals surface area contributed by atoms with E-state index in [9.17, 15) is 0 Å². The number of hydrogen-bond acceptors (Lipinski definition) is 2. The minimum absolute atomic E-state index is 0.0587. The molecule has 106 valence electrons. The number of rotatable bonds is 4. The molecule has 0 fully saturated rings. The van der Waals surface area contributed by atoms with Gasteiger partial charge in [-0.3, -0.25) is 11.3 Å². The van der Waals surface area contributed by atoms with Gasteiger partial charge in [0.25, 0.3) is 0 Å². The summed E-state index contributed by atoms with van der Waals surface area (Å²) in [5.74, 6) is 5.74. The van der Waals surface area contributed by atoms with E-state index in [0.29, 0.717) is 5.02 Å². The largest absolute Gasteiger partial charge is 0.271 e. The monoisotopic (exact) mass is 352 g/mol. The van der Waals surface area contributed by atoms with Crippen LogP contribution in [0.4, 0.5) is 0 Å². The van der Waals surface area contributed by atoms with Crippen LogP contribution in [0.1, 0.15) is 28.3 Å². The van der Waals surface area contributed by atoms with Gasteiger partial charge in [0, 0.05) is 4.47 Å². The number of nitrogens with two attached hydrogens (primary N) is 1. The fourth-order valence-corrected chi connectivity index (χ4v) is 2.89. The quantitative estimate of drug-likeness (QED) is 0.629. The highest BCUT2D eigenvalue weighted by Gasteiger charge is 2.14. The summed E-state index contributed by atoms with van der Waals surface area (Å²) in [6.07, 6.45) is 0.850. The first-order chi connectivity index (χ1) is 9.52. The first-order valence-electron chi connectivity index (χ1n) is 6.49. The van der Waals surface area contributed by atoms with Crippen LogP contribution in [0.3, 0.4) is 0 Å². The molecule has 2 nitrogen and oxygen atoms in total. The van der Waals surface area contributed by atoms with Crippen LogP contribution < -0.4 is 11.3 Å². The van der Waals surface area contributed by atoms with Gasteiger partial charge in [-0.15, -0.1) is 0 Å². The molecule has 4 heteroatoms. The second kappa shape index (κ2) is 6.72. The van der Waals surface area contributed by atoms with Gasteiger partial charge in [0.05, 0.1) is 11.1 Å². The van der Waals surface area contributed by atoms with Crippen molar-refractivity contribution in [2.24, 2.45) is 5.84 Å². The summed E-state index contributed by atoms with van der Waals surface area (Å²) in [6.45, 7) is 4.27. The molecule has 2 aromatic carbocycles. The first-order valence-corrected chi connectivity index (χ1v) is 7.66. The Hall–Kier alpha value is -0.870. The Kier molecular flexibility index (Phi) is 5.22. The lowest BCUT2D eigenvalue weighted by atomic mass is 9.93. The van der Waals surface area contributed by atoms with Crippen molar-refractivity contribution in [2.75, 3.05) is 0 Å². The van der Waals surface area contributed by atoms with Gasteiger partial charge in [0.15, 0.2) is 0 Å². The van der Waals surface area contributed by atoms with Crippen molar-refractivity contribution >= 4 is 27.5 Å². The van der Waals surface area contributed by atoms with E-state index in [4.69, 9.17) is 17.4 Å². The van der Waals surface area contributed by atoms with Crippen LogP contribution in [0.15, 0.2) is 40.9 Å². The van der Waals surface area contributed by atoms with Crippen molar-refractivity contribution in [1.82, 2.24) is 5.43 Å². The van der Waals surface area contributed by atoms with Crippen LogP contribution in [0.25, 0.3) is 0 Å². The predicted molar refractivity (Wildman–Crippen MR) is 88.8 cm³/mol. The van der Waals surface area contributed by atoms with Crippen LogP contribution in [-0.4, -0.2) is 0 Å². The lowest BCUT2D eigenvalue weighted by molar-refractivity contribution is 0.549. The third kappa shape index (κ3) is 3.41. The van der Waals surface area contributed by atoms with Crippen molar-refractivity contribution < 1.29 is 0 Å². The molecule has 20 heavy (non-hydrogen) atoms. The average Bonchev–Trinajstić information content (AvgIpc) is 2.42. The molecule has 0 radical (unpaired) electrons. The van der Waals surface area contributed by atoms with Crippen LogP contribution in [0, 0.1) is 13.8 Å². The number of aryl methyl sites for hydroxylation is 2. The molecule has 1 unspecified atom stereocenters. The minimum Gasteiger partial charge on any atom is -0.271 e. The molecule has 2 aromatic rings. The minimum atomic E-state index is 0.0587. The van der Waals surface area contributed by atoms with Gasteiger partial charge in [-0.25, -0.2) is 0 Å². The Morgan fingerprint density at radius 2 is 1.85 bits per heavy atom. The zero-order chi connectivity index (χ0) is 14.7. The van der Waals surface area contributed by atoms with E-state index in [1.54, 1.807) is 0 Å². The molecule has 0 aliphatic rings. The van der Waals surface area contributed by atoms with Gasteiger partial charge in [0.1, 0.15) is 0 Å². The van der Waals surface area contributed by atoms with Crippen molar-refractivity contribution in [3.8, 4) is 0 Å². The second-order valence-corrected chi connectivity index (χ2v) is 6.23. The third-order valence-electron chi connectivity index (χ3n) is 3.60. The maximum atomic E-state index is 6.04. The molecule has 3 N–H and O–H groups in total. The van der Waals surface area contributed by atoms with Gasteiger partial charge in [-0.05, 0) is 70.6 Å². The van der Waals surface area contributed by atoms with Crippen molar-refractivity contribution in [1.29, 1.82) is 0 Å². The zero-order valence-corrected chi connectivity index (χ0v) is 13.9. The third-order valence-corrected chi connectivity index (χ3v) is 4.81. The van der Waals surface area contributed by atoms with Crippen LogP contribution in [0.2, 0.25) is 5.02 Å². The smallest absolute Gasteiger partial charge is 0.0548 e. The summed E-state index contributed by atoms with van der Waals surface area (Å²) in [6, 6.07) is 12.3. The maximum Gasteiger partial charge on any atom is 0.0548 e. The van der Waals surface area contributed by atoms with Gasteiger partial charge < -0.3 is 0 Å². The second-order valence-electron chi connectivity index (χ2n) is 4.97. The Balaban J connectivity index is 2.31. The molecule has 0 spiro atoms. The fourth-order valence-electron chi connectivity index (χ4n) is 2.38. The van der Waals surface area contributed by atoms with E-state index in [0.717, 1.165) is 16.5 Å². The molecule has 0 amide bonds. The van der Waals surface area contributed by atoms with Gasteiger partial charge in [0.2, 0.25) is 0 Å². The number of benzene rings is 2. The normalized spacial score (nSPS) is 12.4. The van der Waals surface area contributed by atoms with Gasteiger partial charge in [-0.2, -0.15) is 0 Å². The van der Waals surface area contributed by atoms with Crippen molar-refractivity contribution in [2.45, 2.75) is 26.3 Å². The molecule has 0 aliphatic carbocycles. The van der Waals surface area contributed by atoms with Crippen LogP contribution in [-0.2, 0) is 6.42 Å². The molecular formula is C16H18BrClN2. The summed E-state index contributed by atoms with van der Waals surface area (Å²) in [7, 11) is 0. The molecule has 0 saturated heterocycles. The number of hydrazine groups is 1. The summed E-state index contributed by atoms with van der Waals surface area (Å²) >= 11 is 9.50. The van der Waals surface area contributed by atoms with E-state index in [1.807, 2.05) is 18.2 Å². The number of halogens is 2. The Morgan fingerprint density at radius 1 is 1.20 bits per heavy atom.